The van der Waals surface area contributed by atoms with E-state index in [9.17, 15) is 4.79 Å². The molecule has 5 heteroatoms. The van der Waals surface area contributed by atoms with Crippen molar-refractivity contribution in [2.75, 3.05) is 6.61 Å². The molecule has 124 valence electrons. The van der Waals surface area contributed by atoms with Crippen LogP contribution in [-0.2, 0) is 4.79 Å². The highest BCUT2D eigenvalue weighted by molar-refractivity contribution is 9.10. The highest BCUT2D eigenvalue weighted by Gasteiger charge is 2.33. The van der Waals surface area contributed by atoms with E-state index in [4.69, 9.17) is 4.74 Å². The number of amides is 1. The normalized spacial score (nSPS) is 16.9. The summed E-state index contributed by atoms with van der Waals surface area (Å²) in [5, 5.41) is 6.14. The van der Waals surface area contributed by atoms with Crippen LogP contribution in [0.5, 0.6) is 5.75 Å². The molecule has 0 aliphatic carbocycles. The van der Waals surface area contributed by atoms with Crippen molar-refractivity contribution in [3.63, 3.8) is 0 Å². The van der Waals surface area contributed by atoms with E-state index in [1.165, 1.54) is 0 Å². The molecule has 3 rings (SSSR count). The summed E-state index contributed by atoms with van der Waals surface area (Å²) in [6.07, 6.45) is 0.672. The Hall–Kier alpha value is -2.14. The number of hydrogen-bond acceptors (Lipinski definition) is 3. The van der Waals surface area contributed by atoms with Gasteiger partial charge in [0.1, 0.15) is 5.75 Å². The standard InChI is InChI=1S/C19H19BrN2O2/c1-3-24-19-7-5-4-6-16(19)18-12-17(21-22(18)13(2)23)14-8-10-15(20)11-9-14/h4-11,18H,3,12H2,1-2H3/t18-/m1/s1. The molecule has 2 aromatic rings. The molecule has 0 N–H and O–H groups in total. The molecule has 1 amide bonds. The van der Waals surface area contributed by atoms with Crippen molar-refractivity contribution in [2.24, 2.45) is 5.10 Å². The molecule has 24 heavy (non-hydrogen) atoms. The van der Waals surface area contributed by atoms with Crippen molar-refractivity contribution < 1.29 is 9.53 Å². The zero-order valence-corrected chi connectivity index (χ0v) is 15.3. The van der Waals surface area contributed by atoms with Gasteiger partial charge >= 0.3 is 0 Å². The van der Waals surface area contributed by atoms with Gasteiger partial charge in [0.25, 0.3) is 0 Å². The van der Waals surface area contributed by atoms with E-state index in [0.717, 1.165) is 27.1 Å². The predicted octanol–water partition coefficient (Wildman–Crippen LogP) is 4.55. The first kappa shape index (κ1) is 16.7. The average Bonchev–Trinajstić information content (AvgIpc) is 3.02. The first-order valence-corrected chi connectivity index (χ1v) is 8.74. The van der Waals surface area contributed by atoms with Gasteiger partial charge in [-0.1, -0.05) is 46.3 Å². The minimum Gasteiger partial charge on any atom is -0.494 e. The maximum absolute atomic E-state index is 12.1. The van der Waals surface area contributed by atoms with Gasteiger partial charge in [-0.05, 0) is 30.7 Å². The predicted molar refractivity (Wildman–Crippen MR) is 98.2 cm³/mol. The molecule has 1 aliphatic heterocycles. The Morgan fingerprint density at radius 3 is 2.62 bits per heavy atom. The first-order valence-electron chi connectivity index (χ1n) is 7.95. The topological polar surface area (TPSA) is 41.9 Å². The third-order valence-corrected chi connectivity index (χ3v) is 4.52. The van der Waals surface area contributed by atoms with Crippen molar-refractivity contribution in [3.8, 4) is 5.75 Å². The molecular weight excluding hydrogens is 368 g/mol. The van der Waals surface area contributed by atoms with E-state index < -0.39 is 0 Å². The van der Waals surface area contributed by atoms with E-state index in [1.54, 1.807) is 11.9 Å². The number of rotatable bonds is 4. The average molecular weight is 387 g/mol. The van der Waals surface area contributed by atoms with Gasteiger partial charge in [0.2, 0.25) is 5.91 Å². The number of carbonyl (C=O) groups excluding carboxylic acids is 1. The van der Waals surface area contributed by atoms with Crippen LogP contribution in [-0.4, -0.2) is 23.2 Å². The van der Waals surface area contributed by atoms with Gasteiger partial charge in [-0.2, -0.15) is 5.10 Å². The number of para-hydroxylation sites is 1. The van der Waals surface area contributed by atoms with Gasteiger partial charge in [0.05, 0.1) is 18.4 Å². The molecule has 0 unspecified atom stereocenters. The van der Waals surface area contributed by atoms with Crippen molar-refractivity contribution in [1.29, 1.82) is 0 Å². The molecular formula is C19H19BrN2O2. The fraction of sp³-hybridized carbons (Fsp3) is 0.263. The van der Waals surface area contributed by atoms with E-state index in [0.29, 0.717) is 13.0 Å². The minimum atomic E-state index is -0.135. The Morgan fingerprint density at radius 1 is 1.25 bits per heavy atom. The van der Waals surface area contributed by atoms with Crippen LogP contribution in [0.1, 0.15) is 37.4 Å². The molecule has 1 heterocycles. The maximum atomic E-state index is 12.1. The fourth-order valence-corrected chi connectivity index (χ4v) is 3.17. The molecule has 0 saturated carbocycles. The van der Waals surface area contributed by atoms with Gasteiger partial charge in [-0.3, -0.25) is 4.79 Å². The van der Waals surface area contributed by atoms with Crippen LogP contribution in [0.3, 0.4) is 0 Å². The highest BCUT2D eigenvalue weighted by atomic mass is 79.9. The Balaban J connectivity index is 1.95. The zero-order chi connectivity index (χ0) is 17.1. The van der Waals surface area contributed by atoms with Crippen molar-refractivity contribution in [2.45, 2.75) is 26.3 Å². The van der Waals surface area contributed by atoms with Crippen molar-refractivity contribution >= 4 is 27.5 Å². The number of carbonyl (C=O) groups is 1. The largest absolute Gasteiger partial charge is 0.494 e. The number of hydrazone groups is 1. The lowest BCUT2D eigenvalue weighted by atomic mass is 9.97. The Morgan fingerprint density at radius 2 is 1.96 bits per heavy atom. The Labute approximate surface area is 150 Å². The monoisotopic (exact) mass is 386 g/mol. The molecule has 0 fully saturated rings. The lowest BCUT2D eigenvalue weighted by Gasteiger charge is -2.22. The molecule has 0 spiro atoms. The van der Waals surface area contributed by atoms with Crippen LogP contribution in [0.2, 0.25) is 0 Å². The van der Waals surface area contributed by atoms with Crippen molar-refractivity contribution in [3.05, 3.63) is 64.1 Å². The summed E-state index contributed by atoms with van der Waals surface area (Å²) in [4.78, 5) is 12.1. The first-order chi connectivity index (χ1) is 11.6. The lowest BCUT2D eigenvalue weighted by Crippen LogP contribution is -2.24. The Bertz CT molecular complexity index is 771. The second-order valence-corrected chi connectivity index (χ2v) is 6.52. The summed E-state index contributed by atoms with van der Waals surface area (Å²) in [6, 6.07) is 15.7. The number of benzene rings is 2. The third-order valence-electron chi connectivity index (χ3n) is 3.99. The number of halogens is 1. The lowest BCUT2D eigenvalue weighted by molar-refractivity contribution is -0.130. The van der Waals surface area contributed by atoms with Crippen LogP contribution in [0.15, 0.2) is 58.1 Å². The smallest absolute Gasteiger partial charge is 0.240 e. The van der Waals surface area contributed by atoms with Crippen LogP contribution in [0.4, 0.5) is 0 Å². The summed E-state index contributed by atoms with van der Waals surface area (Å²) >= 11 is 3.44. The van der Waals surface area contributed by atoms with E-state index >= 15 is 0 Å². The molecule has 0 bridgehead atoms. The summed E-state index contributed by atoms with van der Waals surface area (Å²) in [6.45, 7) is 4.09. The van der Waals surface area contributed by atoms with Gasteiger partial charge in [-0.15, -0.1) is 0 Å². The molecule has 1 aliphatic rings. The van der Waals surface area contributed by atoms with Crippen LogP contribution < -0.4 is 4.74 Å². The van der Waals surface area contributed by atoms with E-state index in [1.807, 2.05) is 55.5 Å². The minimum absolute atomic E-state index is 0.0709. The summed E-state index contributed by atoms with van der Waals surface area (Å²) in [5.74, 6) is 0.738. The van der Waals surface area contributed by atoms with Crippen LogP contribution >= 0.6 is 15.9 Å². The number of nitrogens with zero attached hydrogens (tertiary/aromatic N) is 2. The Kier molecular flexibility index (Phi) is 5.00. The summed E-state index contributed by atoms with van der Waals surface area (Å²) in [5.41, 5.74) is 2.93. The molecule has 0 saturated heterocycles. The quantitative estimate of drug-likeness (QED) is 0.773. The molecule has 1 atom stereocenters. The second-order valence-electron chi connectivity index (χ2n) is 5.61. The third kappa shape index (κ3) is 3.36. The zero-order valence-electron chi connectivity index (χ0n) is 13.7. The molecule has 0 radical (unpaired) electrons. The van der Waals surface area contributed by atoms with E-state index in [2.05, 4.69) is 21.0 Å². The fourth-order valence-electron chi connectivity index (χ4n) is 2.90. The van der Waals surface area contributed by atoms with Crippen LogP contribution in [0.25, 0.3) is 0 Å². The maximum Gasteiger partial charge on any atom is 0.240 e. The second kappa shape index (κ2) is 7.18. The molecule has 0 aromatic heterocycles. The van der Waals surface area contributed by atoms with Gasteiger partial charge in [0, 0.05) is 23.4 Å². The van der Waals surface area contributed by atoms with Gasteiger partial charge in [-0.25, -0.2) is 5.01 Å². The number of hydrogen-bond donors (Lipinski definition) is 0. The van der Waals surface area contributed by atoms with E-state index in [-0.39, 0.29) is 11.9 Å². The van der Waals surface area contributed by atoms with Crippen LogP contribution in [0, 0.1) is 0 Å². The SMILES string of the molecule is CCOc1ccccc1[C@H]1CC(c2ccc(Br)cc2)=NN1C(C)=O. The molecule has 4 nitrogen and oxygen atoms in total. The summed E-state index contributed by atoms with van der Waals surface area (Å²) < 4.78 is 6.76. The number of ether oxygens (including phenoxy) is 1. The highest BCUT2D eigenvalue weighted by Crippen LogP contribution is 2.37. The summed E-state index contributed by atoms with van der Waals surface area (Å²) in [7, 11) is 0. The van der Waals surface area contributed by atoms with Crippen molar-refractivity contribution in [1.82, 2.24) is 5.01 Å². The van der Waals surface area contributed by atoms with Gasteiger partial charge in [0.15, 0.2) is 0 Å². The molecule has 2 aromatic carbocycles. The van der Waals surface area contributed by atoms with Gasteiger partial charge < -0.3 is 4.74 Å².